The highest BCUT2D eigenvalue weighted by Gasteiger charge is 2.15. The predicted octanol–water partition coefficient (Wildman–Crippen LogP) is 1.67. The van der Waals surface area contributed by atoms with Gasteiger partial charge in [-0.3, -0.25) is 4.68 Å². The number of hydrogen-bond donors (Lipinski definition) is 1. The van der Waals surface area contributed by atoms with E-state index in [-0.39, 0.29) is 6.04 Å². The lowest BCUT2D eigenvalue weighted by molar-refractivity contribution is 0.671. The van der Waals surface area contributed by atoms with Crippen LogP contribution in [0.4, 0.5) is 0 Å². The summed E-state index contributed by atoms with van der Waals surface area (Å²) in [5.74, 6) is 0. The summed E-state index contributed by atoms with van der Waals surface area (Å²) >= 11 is 1.18. The molecule has 0 saturated carbocycles. The average Bonchev–Trinajstić information content (AvgIpc) is 3.00. The molecule has 3 rings (SSSR count). The number of benzene rings is 1. The summed E-state index contributed by atoms with van der Waals surface area (Å²) in [5, 5.41) is 5.68. The zero-order chi connectivity index (χ0) is 12.5. The predicted molar refractivity (Wildman–Crippen MR) is 71.3 cm³/mol. The van der Waals surface area contributed by atoms with Gasteiger partial charge in [-0.05, 0) is 6.07 Å². The number of aryl methyl sites for hydroxylation is 1. The van der Waals surface area contributed by atoms with E-state index in [1.54, 1.807) is 6.20 Å². The highest BCUT2D eigenvalue weighted by molar-refractivity contribution is 6.99. The van der Waals surface area contributed by atoms with E-state index in [4.69, 9.17) is 5.73 Å². The first-order valence-electron chi connectivity index (χ1n) is 5.69. The molecule has 0 bridgehead atoms. The minimum absolute atomic E-state index is 0.151. The lowest BCUT2D eigenvalue weighted by Gasteiger charge is -2.05. The molecule has 2 heterocycles. The van der Waals surface area contributed by atoms with Crippen molar-refractivity contribution in [1.82, 2.24) is 18.5 Å². The van der Waals surface area contributed by atoms with E-state index >= 15 is 0 Å². The number of nitrogens with two attached hydrogens (primary N) is 1. The Hall–Kier alpha value is -1.79. The molecule has 0 radical (unpaired) electrons. The number of hydrogen-bond acceptors (Lipinski definition) is 5. The second kappa shape index (κ2) is 4.47. The van der Waals surface area contributed by atoms with Gasteiger partial charge in [0.15, 0.2) is 0 Å². The monoisotopic (exact) mass is 259 g/mol. The highest BCUT2D eigenvalue weighted by atomic mass is 32.1. The van der Waals surface area contributed by atoms with Crippen molar-refractivity contribution in [2.75, 3.05) is 0 Å². The molecule has 5 nitrogen and oxygen atoms in total. The van der Waals surface area contributed by atoms with Crippen LogP contribution >= 0.6 is 11.7 Å². The molecule has 1 unspecified atom stereocenters. The zero-order valence-corrected chi connectivity index (χ0v) is 10.8. The van der Waals surface area contributed by atoms with Crippen LogP contribution in [0.25, 0.3) is 10.9 Å². The summed E-state index contributed by atoms with van der Waals surface area (Å²) < 4.78 is 10.0. The summed E-state index contributed by atoms with van der Waals surface area (Å²) in [5.41, 5.74) is 9.08. The first-order chi connectivity index (χ1) is 8.75. The molecule has 2 N–H and O–H groups in total. The molecule has 0 aliphatic carbocycles. The molecule has 0 amide bonds. The van der Waals surface area contributed by atoms with Gasteiger partial charge in [0.1, 0.15) is 0 Å². The Morgan fingerprint density at radius 2 is 2.22 bits per heavy atom. The van der Waals surface area contributed by atoms with Gasteiger partial charge in [-0.2, -0.15) is 13.8 Å². The molecule has 6 heteroatoms. The van der Waals surface area contributed by atoms with Gasteiger partial charge in [0, 0.05) is 18.9 Å². The molecule has 1 atom stereocenters. The van der Waals surface area contributed by atoms with E-state index < -0.39 is 0 Å². The molecular weight excluding hydrogens is 246 g/mol. The molecule has 0 aliphatic heterocycles. The lowest BCUT2D eigenvalue weighted by Crippen LogP contribution is -2.14. The van der Waals surface area contributed by atoms with Crippen molar-refractivity contribution in [3.05, 3.63) is 41.9 Å². The number of rotatable bonds is 3. The molecule has 2 aromatic heterocycles. The smallest absolute Gasteiger partial charge is 0.0914 e. The van der Waals surface area contributed by atoms with E-state index in [1.807, 2.05) is 23.9 Å². The quantitative estimate of drug-likeness (QED) is 0.776. The third kappa shape index (κ3) is 1.89. The Balaban J connectivity index is 1.96. The molecular formula is C12H13N5S. The van der Waals surface area contributed by atoms with Gasteiger partial charge in [-0.15, -0.1) is 0 Å². The van der Waals surface area contributed by atoms with Crippen LogP contribution in [0, 0.1) is 0 Å². The number of nitrogens with zero attached hydrogens (tertiary/aromatic N) is 4. The molecule has 18 heavy (non-hydrogen) atoms. The van der Waals surface area contributed by atoms with Crippen LogP contribution in [0.5, 0.6) is 0 Å². The second-order valence-electron chi connectivity index (χ2n) is 4.23. The number of fused-ring (bicyclic) bond motifs is 1. The maximum Gasteiger partial charge on any atom is 0.0914 e. The Labute approximate surface area is 109 Å². The summed E-state index contributed by atoms with van der Waals surface area (Å²) in [6.07, 6.45) is 2.40. The molecule has 3 aromatic rings. The first-order valence-corrected chi connectivity index (χ1v) is 6.42. The fourth-order valence-electron chi connectivity index (χ4n) is 2.09. The summed E-state index contributed by atoms with van der Waals surface area (Å²) in [4.78, 5) is 0. The summed E-state index contributed by atoms with van der Waals surface area (Å²) in [6, 6.07) is 8.01. The van der Waals surface area contributed by atoms with Crippen molar-refractivity contribution in [1.29, 1.82) is 0 Å². The van der Waals surface area contributed by atoms with Gasteiger partial charge in [0.2, 0.25) is 0 Å². The van der Waals surface area contributed by atoms with Gasteiger partial charge in [-0.25, -0.2) is 0 Å². The van der Waals surface area contributed by atoms with Crippen molar-refractivity contribution >= 4 is 22.6 Å². The van der Waals surface area contributed by atoms with Crippen molar-refractivity contribution in [3.8, 4) is 0 Å². The van der Waals surface area contributed by atoms with Crippen LogP contribution in [0.1, 0.15) is 17.4 Å². The average molecular weight is 259 g/mol. The molecule has 0 saturated heterocycles. The normalized spacial score (nSPS) is 13.0. The summed E-state index contributed by atoms with van der Waals surface area (Å²) in [6.45, 7) is 0. The highest BCUT2D eigenvalue weighted by Crippen LogP contribution is 2.21. The summed E-state index contributed by atoms with van der Waals surface area (Å²) in [7, 11) is 1.95. The fraction of sp³-hybridized carbons (Fsp3) is 0.250. The lowest BCUT2D eigenvalue weighted by atomic mass is 10.1. The fourth-order valence-corrected chi connectivity index (χ4v) is 2.57. The van der Waals surface area contributed by atoms with Gasteiger partial charge < -0.3 is 5.73 Å². The van der Waals surface area contributed by atoms with Crippen LogP contribution in [0.3, 0.4) is 0 Å². The van der Waals surface area contributed by atoms with Crippen LogP contribution in [0.15, 0.2) is 30.5 Å². The molecule has 1 aromatic carbocycles. The molecule has 92 valence electrons. The van der Waals surface area contributed by atoms with Crippen LogP contribution in [-0.4, -0.2) is 18.5 Å². The van der Waals surface area contributed by atoms with E-state index in [0.717, 1.165) is 22.3 Å². The minimum Gasteiger partial charge on any atom is -0.322 e. The Morgan fingerprint density at radius 1 is 1.39 bits per heavy atom. The maximum absolute atomic E-state index is 6.13. The van der Waals surface area contributed by atoms with Crippen LogP contribution in [-0.2, 0) is 13.5 Å². The number of para-hydroxylation sites is 1. The van der Waals surface area contributed by atoms with E-state index in [1.165, 1.54) is 11.7 Å². The Morgan fingerprint density at radius 3 is 3.00 bits per heavy atom. The third-order valence-corrected chi connectivity index (χ3v) is 3.50. The second-order valence-corrected chi connectivity index (χ2v) is 4.79. The van der Waals surface area contributed by atoms with Crippen LogP contribution in [0.2, 0.25) is 0 Å². The maximum atomic E-state index is 6.13. The van der Waals surface area contributed by atoms with E-state index in [2.05, 4.69) is 26.0 Å². The van der Waals surface area contributed by atoms with Crippen molar-refractivity contribution in [2.45, 2.75) is 12.5 Å². The van der Waals surface area contributed by atoms with Crippen molar-refractivity contribution < 1.29 is 0 Å². The molecule has 0 fully saturated rings. The van der Waals surface area contributed by atoms with Crippen molar-refractivity contribution in [2.24, 2.45) is 12.8 Å². The minimum atomic E-state index is -0.151. The first kappa shape index (κ1) is 11.3. The van der Waals surface area contributed by atoms with Gasteiger partial charge >= 0.3 is 0 Å². The SMILES string of the molecule is Cn1nc(CC(N)c2cnsn2)c2ccccc21. The zero-order valence-electron chi connectivity index (χ0n) is 9.95. The van der Waals surface area contributed by atoms with Crippen LogP contribution < -0.4 is 5.73 Å². The topological polar surface area (TPSA) is 69.6 Å². The molecule has 0 aliphatic rings. The van der Waals surface area contributed by atoms with Gasteiger partial charge in [0.25, 0.3) is 0 Å². The third-order valence-electron chi connectivity index (χ3n) is 3.01. The van der Waals surface area contributed by atoms with Gasteiger partial charge in [-0.1, -0.05) is 18.2 Å². The molecule has 0 spiro atoms. The largest absolute Gasteiger partial charge is 0.322 e. The Kier molecular flexibility index (Phi) is 2.81. The van der Waals surface area contributed by atoms with E-state index in [0.29, 0.717) is 6.42 Å². The van der Waals surface area contributed by atoms with Crippen molar-refractivity contribution in [3.63, 3.8) is 0 Å². The Bertz CT molecular complexity index is 658. The van der Waals surface area contributed by atoms with E-state index in [9.17, 15) is 0 Å². The standard InChI is InChI=1S/C12H13N5S/c1-17-12-5-3-2-4-8(12)10(15-17)6-9(13)11-7-14-18-16-11/h2-5,7,9H,6,13H2,1H3. The van der Waals surface area contributed by atoms with Gasteiger partial charge in [0.05, 0.1) is 40.9 Å². The number of aromatic nitrogens is 4.